The summed E-state index contributed by atoms with van der Waals surface area (Å²) in [6, 6.07) is 5.12. The Labute approximate surface area is 132 Å². The predicted molar refractivity (Wildman–Crippen MR) is 88.5 cm³/mol. The molecule has 0 unspecified atom stereocenters. The van der Waals surface area contributed by atoms with E-state index in [1.54, 1.807) is 10.7 Å². The van der Waals surface area contributed by atoms with Gasteiger partial charge in [-0.3, -0.25) is 4.79 Å². The number of hydrogen-bond acceptors (Lipinski definition) is 6. The van der Waals surface area contributed by atoms with Crippen LogP contribution in [0.15, 0.2) is 29.2 Å². The van der Waals surface area contributed by atoms with Crippen molar-refractivity contribution in [2.75, 3.05) is 17.6 Å². The number of nitrogens with two attached hydrogens (primary N) is 1. The first-order valence-electron chi connectivity index (χ1n) is 7.47. The fourth-order valence-corrected chi connectivity index (χ4v) is 2.31. The lowest BCUT2D eigenvalue weighted by atomic mass is 10.1. The fraction of sp³-hybridized carbons (Fsp3) is 0.333. The maximum Gasteiger partial charge on any atom is 0.252 e. The monoisotopic (exact) mass is 313 g/mol. The topological polar surface area (TPSA) is 114 Å². The SMILES string of the molecule is CC(C)c1cc(NCCc2nc(N)cc(=O)[nH]2)n2nccc2n1. The minimum absolute atomic E-state index is 0.226. The minimum Gasteiger partial charge on any atom is -0.383 e. The summed E-state index contributed by atoms with van der Waals surface area (Å²) < 4.78 is 1.75. The number of rotatable bonds is 5. The lowest BCUT2D eigenvalue weighted by molar-refractivity contribution is 0.805. The normalized spacial score (nSPS) is 11.3. The average Bonchev–Trinajstić information content (AvgIpc) is 2.94. The maximum atomic E-state index is 11.4. The summed E-state index contributed by atoms with van der Waals surface area (Å²) in [5.74, 6) is 1.96. The second-order valence-corrected chi connectivity index (χ2v) is 5.62. The highest BCUT2D eigenvalue weighted by molar-refractivity contribution is 5.49. The third kappa shape index (κ3) is 3.31. The molecule has 3 aromatic heterocycles. The molecule has 0 aromatic carbocycles. The Morgan fingerprint density at radius 3 is 2.91 bits per heavy atom. The number of H-pyrrole nitrogens is 1. The smallest absolute Gasteiger partial charge is 0.252 e. The molecule has 3 heterocycles. The largest absolute Gasteiger partial charge is 0.383 e. The van der Waals surface area contributed by atoms with Gasteiger partial charge in [0.25, 0.3) is 5.56 Å². The Bertz CT molecular complexity index is 881. The highest BCUT2D eigenvalue weighted by atomic mass is 16.1. The fourth-order valence-electron chi connectivity index (χ4n) is 2.31. The minimum atomic E-state index is -0.243. The van der Waals surface area contributed by atoms with Crippen LogP contribution < -0.4 is 16.6 Å². The van der Waals surface area contributed by atoms with Crippen LogP contribution in [0.4, 0.5) is 11.6 Å². The lowest BCUT2D eigenvalue weighted by Crippen LogP contribution is -2.16. The van der Waals surface area contributed by atoms with Crippen LogP contribution in [0.2, 0.25) is 0 Å². The van der Waals surface area contributed by atoms with Crippen molar-refractivity contribution in [3.8, 4) is 0 Å². The molecule has 0 aliphatic carbocycles. The van der Waals surface area contributed by atoms with Gasteiger partial charge >= 0.3 is 0 Å². The van der Waals surface area contributed by atoms with Crippen molar-refractivity contribution in [1.82, 2.24) is 24.6 Å². The van der Waals surface area contributed by atoms with E-state index >= 15 is 0 Å². The van der Waals surface area contributed by atoms with Crippen LogP contribution in [-0.4, -0.2) is 31.1 Å². The van der Waals surface area contributed by atoms with E-state index in [0.717, 1.165) is 17.2 Å². The van der Waals surface area contributed by atoms with Crippen LogP contribution in [0, 0.1) is 0 Å². The van der Waals surface area contributed by atoms with E-state index < -0.39 is 0 Å². The van der Waals surface area contributed by atoms with Crippen LogP contribution in [0.25, 0.3) is 5.65 Å². The Balaban J connectivity index is 1.78. The molecule has 0 aliphatic rings. The molecule has 0 aliphatic heterocycles. The first-order chi connectivity index (χ1) is 11.0. The molecule has 0 saturated carbocycles. The van der Waals surface area contributed by atoms with Crippen molar-refractivity contribution in [2.24, 2.45) is 0 Å². The molecule has 3 aromatic rings. The van der Waals surface area contributed by atoms with E-state index in [2.05, 4.69) is 39.2 Å². The molecule has 23 heavy (non-hydrogen) atoms. The molecule has 0 saturated heterocycles. The molecule has 0 spiro atoms. The third-order valence-corrected chi connectivity index (χ3v) is 3.45. The lowest BCUT2D eigenvalue weighted by Gasteiger charge is -2.12. The number of aromatic nitrogens is 5. The molecule has 3 rings (SSSR count). The number of nitrogen functional groups attached to an aromatic ring is 1. The van der Waals surface area contributed by atoms with Gasteiger partial charge in [0.2, 0.25) is 0 Å². The summed E-state index contributed by atoms with van der Waals surface area (Å²) in [4.78, 5) is 22.7. The molecule has 0 bridgehead atoms. The standard InChI is InChI=1S/C15H19N7O/c1-9(2)10-7-14(22-13(19-10)4-6-18-22)17-5-3-12-20-11(16)8-15(23)21-12/h4,6-9,17H,3,5H2,1-2H3,(H3,16,20,21,23). The van der Waals surface area contributed by atoms with Crippen molar-refractivity contribution >= 4 is 17.3 Å². The van der Waals surface area contributed by atoms with Crippen LogP contribution in [0.5, 0.6) is 0 Å². The second-order valence-electron chi connectivity index (χ2n) is 5.62. The van der Waals surface area contributed by atoms with E-state index in [1.807, 2.05) is 12.1 Å². The molecule has 0 fully saturated rings. The molecule has 8 heteroatoms. The quantitative estimate of drug-likeness (QED) is 0.651. The summed E-state index contributed by atoms with van der Waals surface area (Å²) in [6.45, 7) is 4.78. The van der Waals surface area contributed by atoms with Gasteiger partial charge in [0.05, 0.1) is 6.20 Å². The van der Waals surface area contributed by atoms with Gasteiger partial charge in [-0.1, -0.05) is 13.8 Å². The van der Waals surface area contributed by atoms with Gasteiger partial charge in [-0.05, 0) is 5.92 Å². The predicted octanol–water partition coefficient (Wildman–Crippen LogP) is 1.17. The molecule has 8 nitrogen and oxygen atoms in total. The molecular weight excluding hydrogens is 294 g/mol. The van der Waals surface area contributed by atoms with E-state index in [-0.39, 0.29) is 11.4 Å². The highest BCUT2D eigenvalue weighted by Gasteiger charge is 2.09. The van der Waals surface area contributed by atoms with Gasteiger partial charge in [0.15, 0.2) is 5.65 Å². The third-order valence-electron chi connectivity index (χ3n) is 3.45. The number of nitrogens with one attached hydrogen (secondary N) is 2. The molecule has 120 valence electrons. The van der Waals surface area contributed by atoms with Gasteiger partial charge < -0.3 is 16.0 Å². The molecular formula is C15H19N7O. The number of fused-ring (bicyclic) bond motifs is 1. The molecule has 0 amide bonds. The van der Waals surface area contributed by atoms with Gasteiger partial charge in [-0.25, -0.2) is 9.97 Å². The van der Waals surface area contributed by atoms with Gasteiger partial charge in [0.1, 0.15) is 17.5 Å². The van der Waals surface area contributed by atoms with Crippen molar-refractivity contribution < 1.29 is 0 Å². The van der Waals surface area contributed by atoms with E-state index in [0.29, 0.717) is 24.7 Å². The highest BCUT2D eigenvalue weighted by Crippen LogP contribution is 2.18. The summed E-state index contributed by atoms with van der Waals surface area (Å²) in [7, 11) is 0. The van der Waals surface area contributed by atoms with Gasteiger partial charge in [-0.2, -0.15) is 9.61 Å². The maximum absolute atomic E-state index is 11.4. The summed E-state index contributed by atoms with van der Waals surface area (Å²) in [5.41, 5.74) is 7.14. The van der Waals surface area contributed by atoms with Crippen LogP contribution >= 0.6 is 0 Å². The number of aromatic amines is 1. The zero-order chi connectivity index (χ0) is 16.4. The van der Waals surface area contributed by atoms with E-state index in [9.17, 15) is 4.79 Å². The summed E-state index contributed by atoms with van der Waals surface area (Å²) >= 11 is 0. The first kappa shape index (κ1) is 15.0. The number of hydrogen-bond donors (Lipinski definition) is 3. The number of nitrogens with zero attached hydrogens (tertiary/aromatic N) is 4. The van der Waals surface area contributed by atoms with E-state index in [4.69, 9.17) is 5.73 Å². The van der Waals surface area contributed by atoms with Crippen LogP contribution in [0.1, 0.15) is 31.3 Å². The Hall–Kier alpha value is -2.90. The van der Waals surface area contributed by atoms with Crippen molar-refractivity contribution in [2.45, 2.75) is 26.2 Å². The van der Waals surface area contributed by atoms with Gasteiger partial charge in [-0.15, -0.1) is 0 Å². The molecule has 0 radical (unpaired) electrons. The average molecular weight is 313 g/mol. The zero-order valence-electron chi connectivity index (χ0n) is 13.1. The van der Waals surface area contributed by atoms with Crippen molar-refractivity contribution in [1.29, 1.82) is 0 Å². The Morgan fingerprint density at radius 2 is 2.17 bits per heavy atom. The summed E-state index contributed by atoms with van der Waals surface area (Å²) in [5, 5.41) is 7.59. The molecule has 4 N–H and O–H groups in total. The molecule has 0 atom stereocenters. The van der Waals surface area contributed by atoms with Crippen molar-refractivity contribution in [3.63, 3.8) is 0 Å². The Kier molecular flexibility index (Phi) is 3.96. The number of anilines is 2. The Morgan fingerprint density at radius 1 is 1.35 bits per heavy atom. The van der Waals surface area contributed by atoms with Crippen molar-refractivity contribution in [3.05, 3.63) is 46.3 Å². The van der Waals surface area contributed by atoms with Gasteiger partial charge in [0, 0.05) is 36.9 Å². The summed E-state index contributed by atoms with van der Waals surface area (Å²) in [6.07, 6.45) is 2.26. The van der Waals surface area contributed by atoms with Crippen LogP contribution in [-0.2, 0) is 6.42 Å². The van der Waals surface area contributed by atoms with Crippen LogP contribution in [0.3, 0.4) is 0 Å². The zero-order valence-corrected chi connectivity index (χ0v) is 13.1. The second kappa shape index (κ2) is 6.07. The van der Waals surface area contributed by atoms with E-state index in [1.165, 1.54) is 6.07 Å². The first-order valence-corrected chi connectivity index (χ1v) is 7.47.